The third-order valence-electron chi connectivity index (χ3n) is 2.67. The average Bonchev–Trinajstić information content (AvgIpc) is 2.53. The highest BCUT2D eigenvalue weighted by molar-refractivity contribution is 5.89. The van der Waals surface area contributed by atoms with Gasteiger partial charge in [-0.25, -0.2) is 4.79 Å². The van der Waals surface area contributed by atoms with Crippen molar-refractivity contribution < 1.29 is 14.3 Å². The first-order valence-electron chi connectivity index (χ1n) is 6.73. The molecule has 0 fully saturated rings. The van der Waals surface area contributed by atoms with Gasteiger partial charge in [-0.2, -0.15) is 0 Å². The summed E-state index contributed by atoms with van der Waals surface area (Å²) in [5, 5.41) is 0. The highest BCUT2D eigenvalue weighted by Gasteiger charge is 1.97. The van der Waals surface area contributed by atoms with Gasteiger partial charge in [-0.1, -0.05) is 42.3 Å². The maximum absolute atomic E-state index is 11.2. The molecule has 2 rings (SSSR count). The van der Waals surface area contributed by atoms with Crippen LogP contribution in [0.3, 0.4) is 0 Å². The Hall–Kier alpha value is -2.73. The molecule has 0 aromatic heterocycles. The molecule has 21 heavy (non-hydrogen) atoms. The van der Waals surface area contributed by atoms with Gasteiger partial charge in [-0.3, -0.25) is 0 Å². The number of esters is 1. The Bertz CT molecular complexity index is 651. The molecular formula is C18H16O3. The summed E-state index contributed by atoms with van der Waals surface area (Å²) in [6.07, 6.45) is 0. The van der Waals surface area contributed by atoms with Crippen LogP contribution in [0.2, 0.25) is 0 Å². The SMILES string of the molecule is CCOC(=O)C#Cc1cccc(OCc2ccccc2)c1. The lowest BCUT2D eigenvalue weighted by Crippen LogP contribution is -1.99. The van der Waals surface area contributed by atoms with Crippen molar-refractivity contribution in [2.24, 2.45) is 0 Å². The van der Waals surface area contributed by atoms with Crippen LogP contribution in [0.5, 0.6) is 5.75 Å². The Morgan fingerprint density at radius 2 is 1.90 bits per heavy atom. The van der Waals surface area contributed by atoms with E-state index in [1.807, 2.05) is 48.5 Å². The molecule has 106 valence electrons. The molecule has 0 bridgehead atoms. The number of carbonyl (C=O) groups is 1. The summed E-state index contributed by atoms with van der Waals surface area (Å²) in [6, 6.07) is 17.2. The monoisotopic (exact) mass is 280 g/mol. The fraction of sp³-hybridized carbons (Fsp3) is 0.167. The van der Waals surface area contributed by atoms with E-state index < -0.39 is 5.97 Å². The van der Waals surface area contributed by atoms with Crippen molar-refractivity contribution in [1.82, 2.24) is 0 Å². The second kappa shape index (κ2) is 7.76. The van der Waals surface area contributed by atoms with Crippen LogP contribution in [-0.2, 0) is 16.1 Å². The number of carbonyl (C=O) groups excluding carboxylic acids is 1. The number of ether oxygens (including phenoxy) is 2. The van der Waals surface area contributed by atoms with Crippen molar-refractivity contribution in [2.75, 3.05) is 6.61 Å². The zero-order chi connectivity index (χ0) is 14.9. The van der Waals surface area contributed by atoms with Gasteiger partial charge in [0.25, 0.3) is 0 Å². The average molecular weight is 280 g/mol. The lowest BCUT2D eigenvalue weighted by atomic mass is 10.2. The fourth-order valence-corrected chi connectivity index (χ4v) is 1.69. The van der Waals surface area contributed by atoms with E-state index in [0.717, 1.165) is 11.3 Å². The van der Waals surface area contributed by atoms with Crippen LogP contribution >= 0.6 is 0 Å². The first-order valence-corrected chi connectivity index (χ1v) is 6.73. The summed E-state index contributed by atoms with van der Waals surface area (Å²) in [5.74, 6) is 5.39. The first kappa shape index (κ1) is 14.7. The molecule has 0 amide bonds. The van der Waals surface area contributed by atoms with Crippen LogP contribution in [0, 0.1) is 11.8 Å². The molecule has 0 saturated carbocycles. The predicted octanol–water partition coefficient (Wildman–Crippen LogP) is 3.18. The lowest BCUT2D eigenvalue weighted by Gasteiger charge is -2.06. The third-order valence-corrected chi connectivity index (χ3v) is 2.67. The second-order valence-corrected chi connectivity index (χ2v) is 4.27. The van der Waals surface area contributed by atoms with Gasteiger partial charge in [-0.15, -0.1) is 0 Å². The minimum Gasteiger partial charge on any atom is -0.489 e. The molecule has 0 spiro atoms. The maximum atomic E-state index is 11.2. The van der Waals surface area contributed by atoms with Gasteiger partial charge >= 0.3 is 5.97 Å². The summed E-state index contributed by atoms with van der Waals surface area (Å²) < 4.78 is 10.5. The zero-order valence-corrected chi connectivity index (χ0v) is 11.8. The topological polar surface area (TPSA) is 35.5 Å². The van der Waals surface area contributed by atoms with Crippen molar-refractivity contribution >= 4 is 5.97 Å². The van der Waals surface area contributed by atoms with Crippen LogP contribution in [-0.4, -0.2) is 12.6 Å². The van der Waals surface area contributed by atoms with E-state index in [0.29, 0.717) is 18.8 Å². The Kier molecular flexibility index (Phi) is 5.42. The minimum absolute atomic E-state index is 0.327. The highest BCUT2D eigenvalue weighted by Crippen LogP contribution is 2.14. The van der Waals surface area contributed by atoms with E-state index in [1.165, 1.54) is 0 Å². The molecule has 3 nitrogen and oxygen atoms in total. The van der Waals surface area contributed by atoms with Crippen LogP contribution in [0.25, 0.3) is 0 Å². The van der Waals surface area contributed by atoms with Gasteiger partial charge in [-0.05, 0) is 30.7 Å². The Labute approximate surface area is 124 Å². The van der Waals surface area contributed by atoms with E-state index in [4.69, 9.17) is 9.47 Å². The number of rotatable bonds is 4. The second-order valence-electron chi connectivity index (χ2n) is 4.27. The normalized spacial score (nSPS) is 9.38. The van der Waals surface area contributed by atoms with E-state index in [2.05, 4.69) is 11.8 Å². The molecule has 2 aromatic carbocycles. The van der Waals surface area contributed by atoms with Crippen molar-refractivity contribution in [3.63, 3.8) is 0 Å². The van der Waals surface area contributed by atoms with Gasteiger partial charge in [0.1, 0.15) is 12.4 Å². The summed E-state index contributed by atoms with van der Waals surface area (Å²) in [4.78, 5) is 11.2. The molecule has 0 heterocycles. The van der Waals surface area contributed by atoms with Crippen molar-refractivity contribution in [3.05, 3.63) is 65.7 Å². The molecule has 0 saturated heterocycles. The molecule has 0 aliphatic heterocycles. The van der Waals surface area contributed by atoms with E-state index in [-0.39, 0.29) is 0 Å². The van der Waals surface area contributed by atoms with Crippen molar-refractivity contribution in [3.8, 4) is 17.6 Å². The van der Waals surface area contributed by atoms with Gasteiger partial charge in [0, 0.05) is 11.5 Å². The van der Waals surface area contributed by atoms with Crippen LogP contribution < -0.4 is 4.74 Å². The maximum Gasteiger partial charge on any atom is 0.384 e. The Morgan fingerprint density at radius 3 is 2.67 bits per heavy atom. The molecule has 0 aliphatic rings. The largest absolute Gasteiger partial charge is 0.489 e. The predicted molar refractivity (Wildman–Crippen MR) is 80.7 cm³/mol. The standard InChI is InChI=1S/C18H16O3/c1-2-20-18(19)12-11-15-9-6-10-17(13-15)21-14-16-7-4-3-5-8-16/h3-10,13H,2,14H2,1H3. The van der Waals surface area contributed by atoms with Crippen molar-refractivity contribution in [1.29, 1.82) is 0 Å². The minimum atomic E-state index is -0.520. The number of benzene rings is 2. The molecule has 0 N–H and O–H groups in total. The lowest BCUT2D eigenvalue weighted by molar-refractivity contribution is -0.136. The molecule has 0 unspecified atom stereocenters. The summed E-state index contributed by atoms with van der Waals surface area (Å²) in [6.45, 7) is 2.57. The fourth-order valence-electron chi connectivity index (χ4n) is 1.69. The Morgan fingerprint density at radius 1 is 1.10 bits per heavy atom. The highest BCUT2D eigenvalue weighted by atomic mass is 16.5. The molecular weight excluding hydrogens is 264 g/mol. The van der Waals surface area contributed by atoms with Gasteiger partial charge in [0.05, 0.1) is 6.61 Å². The summed E-state index contributed by atoms with van der Waals surface area (Å²) >= 11 is 0. The quantitative estimate of drug-likeness (QED) is 0.637. The van der Waals surface area contributed by atoms with E-state index in [9.17, 15) is 4.79 Å². The Balaban J connectivity index is 1.99. The summed E-state index contributed by atoms with van der Waals surface area (Å²) in [5.41, 5.74) is 1.81. The van der Waals surface area contributed by atoms with E-state index >= 15 is 0 Å². The third kappa shape index (κ3) is 5.04. The first-order chi connectivity index (χ1) is 10.3. The smallest absolute Gasteiger partial charge is 0.384 e. The van der Waals surface area contributed by atoms with E-state index in [1.54, 1.807) is 13.0 Å². The summed E-state index contributed by atoms with van der Waals surface area (Å²) in [7, 11) is 0. The van der Waals surface area contributed by atoms with Gasteiger partial charge in [0.2, 0.25) is 0 Å². The molecule has 0 aliphatic carbocycles. The van der Waals surface area contributed by atoms with Crippen LogP contribution in [0.4, 0.5) is 0 Å². The molecule has 0 radical (unpaired) electrons. The van der Waals surface area contributed by atoms with Crippen LogP contribution in [0.1, 0.15) is 18.1 Å². The van der Waals surface area contributed by atoms with Gasteiger partial charge in [0.15, 0.2) is 0 Å². The number of hydrogen-bond acceptors (Lipinski definition) is 3. The van der Waals surface area contributed by atoms with Gasteiger partial charge < -0.3 is 9.47 Å². The van der Waals surface area contributed by atoms with Crippen molar-refractivity contribution in [2.45, 2.75) is 13.5 Å². The zero-order valence-electron chi connectivity index (χ0n) is 11.8. The van der Waals surface area contributed by atoms with Crippen LogP contribution in [0.15, 0.2) is 54.6 Å². The molecule has 3 heteroatoms. The molecule has 0 atom stereocenters. The molecule has 2 aromatic rings. The number of hydrogen-bond donors (Lipinski definition) is 0.